The van der Waals surface area contributed by atoms with E-state index in [4.69, 9.17) is 4.43 Å². The highest BCUT2D eigenvalue weighted by molar-refractivity contribution is 6.74. The van der Waals surface area contributed by atoms with Crippen LogP contribution >= 0.6 is 0 Å². The highest BCUT2D eigenvalue weighted by Crippen LogP contribution is 2.54. The molecule has 2 unspecified atom stereocenters. The van der Waals surface area contributed by atoms with Crippen LogP contribution in [-0.4, -0.2) is 14.9 Å². The minimum Gasteiger partial charge on any atom is -0.417 e. The molecule has 0 heterocycles. The van der Waals surface area contributed by atoms with Crippen LogP contribution in [0.1, 0.15) is 27.2 Å². The first-order valence-corrected chi connectivity index (χ1v) is 9.04. The van der Waals surface area contributed by atoms with Crippen molar-refractivity contribution in [1.82, 2.24) is 0 Å². The second-order valence-electron chi connectivity index (χ2n) is 6.64. The standard InChI is InChI=1S/C13H24OSi/c1-13(2,3)15(4,5)14-9-12-10-7-6-8-11(10)12/h6-7,10-12H,8-9H2,1-5H3/t10?,11?,12-/m0/s1. The molecule has 2 rings (SSSR count). The lowest BCUT2D eigenvalue weighted by molar-refractivity contribution is 0.262. The molecule has 1 saturated carbocycles. The quantitative estimate of drug-likeness (QED) is 0.523. The molecule has 0 spiro atoms. The summed E-state index contributed by atoms with van der Waals surface area (Å²) < 4.78 is 6.26. The molecule has 0 N–H and O–H groups in total. The van der Waals surface area contributed by atoms with E-state index in [0.717, 1.165) is 24.4 Å². The van der Waals surface area contributed by atoms with E-state index < -0.39 is 8.32 Å². The molecule has 0 radical (unpaired) electrons. The first-order valence-electron chi connectivity index (χ1n) is 6.13. The molecule has 1 nitrogen and oxygen atoms in total. The topological polar surface area (TPSA) is 9.23 Å². The Hall–Kier alpha value is -0.0831. The molecule has 0 saturated heterocycles. The van der Waals surface area contributed by atoms with Gasteiger partial charge in [0.1, 0.15) is 0 Å². The fraction of sp³-hybridized carbons (Fsp3) is 0.846. The summed E-state index contributed by atoms with van der Waals surface area (Å²) in [4.78, 5) is 0. The van der Waals surface area contributed by atoms with Crippen molar-refractivity contribution in [2.45, 2.75) is 45.3 Å². The molecule has 3 atom stereocenters. The van der Waals surface area contributed by atoms with Crippen LogP contribution in [0.2, 0.25) is 18.1 Å². The predicted molar refractivity (Wildman–Crippen MR) is 67.4 cm³/mol. The lowest BCUT2D eigenvalue weighted by Gasteiger charge is -2.36. The third kappa shape index (κ3) is 2.07. The van der Waals surface area contributed by atoms with E-state index in [2.05, 4.69) is 46.0 Å². The van der Waals surface area contributed by atoms with Crippen molar-refractivity contribution in [3.63, 3.8) is 0 Å². The van der Waals surface area contributed by atoms with Gasteiger partial charge in [-0.05, 0) is 42.3 Å². The van der Waals surface area contributed by atoms with Gasteiger partial charge in [0.25, 0.3) is 0 Å². The largest absolute Gasteiger partial charge is 0.417 e. The Bertz CT molecular complexity index is 275. The second kappa shape index (κ2) is 3.46. The zero-order chi connectivity index (χ0) is 11.3. The zero-order valence-corrected chi connectivity index (χ0v) is 11.7. The van der Waals surface area contributed by atoms with E-state index in [1.165, 1.54) is 6.42 Å². The highest BCUT2D eigenvalue weighted by atomic mass is 28.4. The van der Waals surface area contributed by atoms with Gasteiger partial charge in [0.05, 0.1) is 0 Å². The summed E-state index contributed by atoms with van der Waals surface area (Å²) in [6.07, 6.45) is 6.03. The maximum atomic E-state index is 6.26. The van der Waals surface area contributed by atoms with Gasteiger partial charge in [-0.25, -0.2) is 0 Å². The van der Waals surface area contributed by atoms with Crippen LogP contribution in [-0.2, 0) is 4.43 Å². The zero-order valence-electron chi connectivity index (χ0n) is 10.7. The number of hydrogen-bond donors (Lipinski definition) is 0. The third-order valence-corrected chi connectivity index (χ3v) is 9.11. The lowest BCUT2D eigenvalue weighted by atomic mass is 10.2. The van der Waals surface area contributed by atoms with E-state index in [9.17, 15) is 0 Å². The molecule has 2 heteroatoms. The molecule has 1 fully saturated rings. The van der Waals surface area contributed by atoms with Gasteiger partial charge in [0.15, 0.2) is 8.32 Å². The molecule has 2 aliphatic rings. The van der Waals surface area contributed by atoms with Crippen LogP contribution in [0.25, 0.3) is 0 Å². The Balaban J connectivity index is 1.81. The van der Waals surface area contributed by atoms with Gasteiger partial charge in [0.2, 0.25) is 0 Å². The van der Waals surface area contributed by atoms with Gasteiger partial charge in [0, 0.05) is 6.61 Å². The Morgan fingerprint density at radius 3 is 2.47 bits per heavy atom. The van der Waals surface area contributed by atoms with Crippen molar-refractivity contribution >= 4 is 8.32 Å². The van der Waals surface area contributed by atoms with Crippen molar-refractivity contribution in [1.29, 1.82) is 0 Å². The van der Waals surface area contributed by atoms with Crippen molar-refractivity contribution in [2.24, 2.45) is 17.8 Å². The first kappa shape index (κ1) is 11.4. The molecule has 0 bridgehead atoms. The van der Waals surface area contributed by atoms with Gasteiger partial charge in [-0.15, -0.1) is 0 Å². The first-order chi connectivity index (χ1) is 6.83. The molecule has 0 aliphatic heterocycles. The number of rotatable bonds is 3. The molecule has 0 aromatic heterocycles. The van der Waals surface area contributed by atoms with Crippen LogP contribution in [0.4, 0.5) is 0 Å². The Kier molecular flexibility index (Phi) is 2.63. The van der Waals surface area contributed by atoms with Crippen LogP contribution in [0.15, 0.2) is 12.2 Å². The molecule has 86 valence electrons. The summed E-state index contributed by atoms with van der Waals surface area (Å²) in [6.45, 7) is 12.6. The molecular weight excluding hydrogens is 200 g/mol. The Labute approximate surface area is 95.0 Å². The van der Waals surface area contributed by atoms with Gasteiger partial charge in [-0.1, -0.05) is 32.9 Å². The van der Waals surface area contributed by atoms with E-state index in [0.29, 0.717) is 5.04 Å². The normalized spacial score (nSPS) is 34.3. The maximum Gasteiger partial charge on any atom is 0.191 e. The van der Waals surface area contributed by atoms with Crippen molar-refractivity contribution in [3.05, 3.63) is 12.2 Å². The summed E-state index contributed by atoms with van der Waals surface area (Å²) in [6, 6.07) is 0. The van der Waals surface area contributed by atoms with Crippen molar-refractivity contribution in [2.75, 3.05) is 6.61 Å². The number of hydrogen-bond acceptors (Lipinski definition) is 1. The summed E-state index contributed by atoms with van der Waals surface area (Å²) >= 11 is 0. The van der Waals surface area contributed by atoms with E-state index in [-0.39, 0.29) is 0 Å². The number of allylic oxidation sites excluding steroid dienone is 2. The van der Waals surface area contributed by atoms with Gasteiger partial charge >= 0.3 is 0 Å². The van der Waals surface area contributed by atoms with Crippen LogP contribution < -0.4 is 0 Å². The molecule has 2 aliphatic carbocycles. The molecular formula is C13H24OSi. The maximum absolute atomic E-state index is 6.26. The van der Waals surface area contributed by atoms with E-state index >= 15 is 0 Å². The predicted octanol–water partition coefficient (Wildman–Crippen LogP) is 3.83. The molecule has 0 aromatic carbocycles. The fourth-order valence-electron chi connectivity index (χ4n) is 2.24. The molecule has 0 amide bonds. The summed E-state index contributed by atoms with van der Waals surface area (Å²) in [7, 11) is -1.50. The van der Waals surface area contributed by atoms with Gasteiger partial charge in [-0.2, -0.15) is 0 Å². The SMILES string of the molecule is CC(C)(C)[Si](C)(C)OC[C@H]1C2C=CCC21. The van der Waals surface area contributed by atoms with Crippen LogP contribution in [0, 0.1) is 17.8 Å². The minimum absolute atomic E-state index is 0.354. The van der Waals surface area contributed by atoms with E-state index in [1.807, 2.05) is 0 Å². The summed E-state index contributed by atoms with van der Waals surface area (Å²) in [5.41, 5.74) is 0. The summed E-state index contributed by atoms with van der Waals surface area (Å²) in [5, 5.41) is 0.354. The van der Waals surface area contributed by atoms with Crippen LogP contribution in [0.5, 0.6) is 0 Å². The second-order valence-corrected chi connectivity index (χ2v) is 11.4. The highest BCUT2D eigenvalue weighted by Gasteiger charge is 2.51. The van der Waals surface area contributed by atoms with Crippen LogP contribution in [0.3, 0.4) is 0 Å². The monoisotopic (exact) mass is 224 g/mol. The smallest absolute Gasteiger partial charge is 0.191 e. The Morgan fingerprint density at radius 1 is 1.33 bits per heavy atom. The Morgan fingerprint density at radius 2 is 2.00 bits per heavy atom. The van der Waals surface area contributed by atoms with Gasteiger partial charge in [-0.3, -0.25) is 0 Å². The minimum atomic E-state index is -1.50. The molecule has 15 heavy (non-hydrogen) atoms. The fourth-order valence-corrected chi connectivity index (χ4v) is 3.28. The average molecular weight is 224 g/mol. The number of fused-ring (bicyclic) bond motifs is 1. The lowest BCUT2D eigenvalue weighted by Crippen LogP contribution is -2.41. The van der Waals surface area contributed by atoms with Crippen molar-refractivity contribution in [3.8, 4) is 0 Å². The third-order valence-electron chi connectivity index (χ3n) is 4.61. The van der Waals surface area contributed by atoms with Crippen molar-refractivity contribution < 1.29 is 4.43 Å². The summed E-state index contributed by atoms with van der Waals surface area (Å²) in [5.74, 6) is 2.66. The van der Waals surface area contributed by atoms with E-state index in [1.54, 1.807) is 0 Å². The molecule has 0 aromatic rings. The average Bonchev–Trinajstić information content (AvgIpc) is 2.56. The van der Waals surface area contributed by atoms with Gasteiger partial charge < -0.3 is 4.43 Å².